The molecule has 6 nitrogen and oxygen atoms in total. The van der Waals surface area contributed by atoms with Crippen molar-refractivity contribution >= 4 is 28.8 Å². The number of hydrogen-bond acceptors (Lipinski definition) is 4. The number of amides is 1. The monoisotopic (exact) mass is 395 g/mol. The first-order valence-electron chi connectivity index (χ1n) is 8.49. The summed E-state index contributed by atoms with van der Waals surface area (Å²) in [6, 6.07) is 12.9. The van der Waals surface area contributed by atoms with Crippen LogP contribution in [-0.4, -0.2) is 25.7 Å². The number of aryl methyl sites for hydroxylation is 2. The summed E-state index contributed by atoms with van der Waals surface area (Å²) in [5.74, 6) is -0.827. The Morgan fingerprint density at radius 1 is 1.11 bits per heavy atom. The van der Waals surface area contributed by atoms with Crippen LogP contribution in [0.4, 0.5) is 10.1 Å². The molecular weight excluding hydrogens is 381 g/mol. The second-order valence-corrected chi connectivity index (χ2v) is 6.74. The lowest BCUT2D eigenvalue weighted by atomic mass is 10.1. The zero-order valence-corrected chi connectivity index (χ0v) is 15.8. The molecule has 0 spiro atoms. The minimum Gasteiger partial charge on any atom is -0.321 e. The molecule has 1 N–H and O–H groups in total. The molecule has 2 aromatic heterocycles. The number of aromatic nitrogens is 4. The molecular formula is C20H15ClFN5O. The van der Waals surface area contributed by atoms with Crippen molar-refractivity contribution in [3.05, 3.63) is 76.5 Å². The zero-order valence-electron chi connectivity index (χ0n) is 15.1. The Bertz CT molecular complexity index is 1200. The Morgan fingerprint density at radius 2 is 1.86 bits per heavy atom. The van der Waals surface area contributed by atoms with Gasteiger partial charge in [0.15, 0.2) is 11.3 Å². The van der Waals surface area contributed by atoms with Crippen LogP contribution in [0.5, 0.6) is 0 Å². The molecule has 2 aromatic carbocycles. The summed E-state index contributed by atoms with van der Waals surface area (Å²) in [7, 11) is 0. The number of benzene rings is 2. The highest BCUT2D eigenvalue weighted by atomic mass is 35.5. The van der Waals surface area contributed by atoms with E-state index in [-0.39, 0.29) is 11.5 Å². The van der Waals surface area contributed by atoms with Gasteiger partial charge in [0.05, 0.1) is 17.0 Å². The van der Waals surface area contributed by atoms with E-state index in [2.05, 4.69) is 20.6 Å². The molecule has 0 aliphatic rings. The van der Waals surface area contributed by atoms with Crippen LogP contribution in [-0.2, 0) is 0 Å². The summed E-state index contributed by atoms with van der Waals surface area (Å²) >= 11 is 6.11. The number of halogens is 2. The number of hydrogen-bond donors (Lipinski definition) is 1. The van der Waals surface area contributed by atoms with Gasteiger partial charge >= 0.3 is 0 Å². The molecule has 0 bridgehead atoms. The molecule has 0 saturated carbocycles. The van der Waals surface area contributed by atoms with Crippen LogP contribution in [0.3, 0.4) is 0 Å². The van der Waals surface area contributed by atoms with Crippen LogP contribution < -0.4 is 5.32 Å². The van der Waals surface area contributed by atoms with E-state index in [0.717, 1.165) is 16.8 Å². The number of carbonyl (C=O) groups is 1. The summed E-state index contributed by atoms with van der Waals surface area (Å²) in [5, 5.41) is 16.2. The maximum absolute atomic E-state index is 13.0. The molecule has 0 aliphatic heterocycles. The third kappa shape index (κ3) is 3.20. The second kappa shape index (κ2) is 7.01. The van der Waals surface area contributed by atoms with Gasteiger partial charge in [0.1, 0.15) is 5.82 Å². The van der Waals surface area contributed by atoms with Gasteiger partial charge in [-0.05, 0) is 55.8 Å². The molecule has 0 radical (unpaired) electrons. The molecule has 140 valence electrons. The Labute approximate surface area is 165 Å². The van der Waals surface area contributed by atoms with Crippen molar-refractivity contribution in [1.29, 1.82) is 0 Å². The van der Waals surface area contributed by atoms with Crippen LogP contribution in [0.1, 0.15) is 21.9 Å². The van der Waals surface area contributed by atoms with Gasteiger partial charge in [-0.2, -0.15) is 5.10 Å². The van der Waals surface area contributed by atoms with Crippen molar-refractivity contribution in [2.75, 3.05) is 5.32 Å². The average molecular weight is 396 g/mol. The van der Waals surface area contributed by atoms with Crippen molar-refractivity contribution in [3.63, 3.8) is 0 Å². The van der Waals surface area contributed by atoms with Gasteiger partial charge in [-0.3, -0.25) is 4.79 Å². The first-order chi connectivity index (χ1) is 13.4. The predicted octanol–water partition coefficient (Wildman–Crippen LogP) is 4.45. The molecule has 0 saturated heterocycles. The van der Waals surface area contributed by atoms with Crippen molar-refractivity contribution in [2.45, 2.75) is 13.8 Å². The van der Waals surface area contributed by atoms with E-state index in [9.17, 15) is 9.18 Å². The van der Waals surface area contributed by atoms with Crippen molar-refractivity contribution < 1.29 is 9.18 Å². The van der Waals surface area contributed by atoms with Crippen LogP contribution >= 0.6 is 11.6 Å². The highest BCUT2D eigenvalue weighted by molar-refractivity contribution is 6.30. The summed E-state index contributed by atoms with van der Waals surface area (Å²) < 4.78 is 14.6. The standard InChI is InChI=1S/C20H15ClFN5O/c1-11-17(13-4-3-5-14(21)10-13)19-25-24-18(12(2)27(19)26-11)20(28)23-16-8-6-15(22)7-9-16/h3-10H,1-2H3,(H,23,28). The SMILES string of the molecule is Cc1nn2c(C)c(C(=O)Nc3ccc(F)cc3)nnc2c1-c1cccc(Cl)c1. The van der Waals surface area contributed by atoms with Gasteiger partial charge in [-0.15, -0.1) is 10.2 Å². The van der Waals surface area contributed by atoms with E-state index in [4.69, 9.17) is 11.6 Å². The molecule has 4 aromatic rings. The number of fused-ring (bicyclic) bond motifs is 1. The predicted molar refractivity (Wildman–Crippen MR) is 105 cm³/mol. The lowest BCUT2D eigenvalue weighted by Crippen LogP contribution is -2.18. The van der Waals surface area contributed by atoms with E-state index in [1.165, 1.54) is 24.3 Å². The number of carbonyl (C=O) groups excluding carboxylic acids is 1. The second-order valence-electron chi connectivity index (χ2n) is 6.30. The van der Waals surface area contributed by atoms with Crippen molar-refractivity contribution in [1.82, 2.24) is 19.8 Å². The first kappa shape index (κ1) is 18.1. The Balaban J connectivity index is 1.75. The van der Waals surface area contributed by atoms with Gasteiger partial charge in [-0.25, -0.2) is 8.91 Å². The summed E-state index contributed by atoms with van der Waals surface area (Å²) in [6.45, 7) is 3.61. The number of rotatable bonds is 3. The van der Waals surface area contributed by atoms with E-state index >= 15 is 0 Å². The fourth-order valence-electron chi connectivity index (χ4n) is 3.03. The normalized spacial score (nSPS) is 11.0. The Kier molecular flexibility index (Phi) is 4.52. The third-order valence-electron chi connectivity index (χ3n) is 4.37. The average Bonchev–Trinajstić information content (AvgIpc) is 3.01. The third-order valence-corrected chi connectivity index (χ3v) is 4.61. The van der Waals surface area contributed by atoms with E-state index < -0.39 is 5.91 Å². The minimum atomic E-state index is -0.448. The Morgan fingerprint density at radius 3 is 2.57 bits per heavy atom. The molecule has 0 fully saturated rings. The van der Waals surface area contributed by atoms with Gasteiger partial charge in [0, 0.05) is 10.7 Å². The summed E-state index contributed by atoms with van der Waals surface area (Å²) in [4.78, 5) is 12.6. The molecule has 28 heavy (non-hydrogen) atoms. The smallest absolute Gasteiger partial charge is 0.278 e. The maximum Gasteiger partial charge on any atom is 0.278 e. The summed E-state index contributed by atoms with van der Waals surface area (Å²) in [6.07, 6.45) is 0. The molecule has 2 heterocycles. The van der Waals surface area contributed by atoms with Crippen LogP contribution in [0.15, 0.2) is 48.5 Å². The zero-order chi connectivity index (χ0) is 19.8. The largest absolute Gasteiger partial charge is 0.321 e. The fourth-order valence-corrected chi connectivity index (χ4v) is 3.22. The van der Waals surface area contributed by atoms with Gasteiger partial charge in [0.2, 0.25) is 0 Å². The van der Waals surface area contributed by atoms with Gasteiger partial charge < -0.3 is 5.32 Å². The molecule has 1 amide bonds. The minimum absolute atomic E-state index is 0.136. The van der Waals surface area contributed by atoms with E-state index in [1.807, 2.05) is 25.1 Å². The molecule has 8 heteroatoms. The Hall–Kier alpha value is -3.32. The molecule has 0 atom stereocenters. The topological polar surface area (TPSA) is 72.2 Å². The fraction of sp³-hybridized carbons (Fsp3) is 0.100. The van der Waals surface area contributed by atoms with Crippen LogP contribution in [0.25, 0.3) is 16.8 Å². The number of nitrogens with zero attached hydrogens (tertiary/aromatic N) is 4. The van der Waals surface area contributed by atoms with Crippen LogP contribution in [0.2, 0.25) is 5.02 Å². The quantitative estimate of drug-likeness (QED) is 0.556. The maximum atomic E-state index is 13.0. The number of anilines is 1. The molecule has 0 unspecified atom stereocenters. The van der Waals surface area contributed by atoms with E-state index in [1.54, 1.807) is 17.5 Å². The lowest BCUT2D eigenvalue weighted by Gasteiger charge is -2.08. The highest BCUT2D eigenvalue weighted by Crippen LogP contribution is 2.29. The van der Waals surface area contributed by atoms with Gasteiger partial charge in [0.25, 0.3) is 5.91 Å². The number of nitrogens with one attached hydrogen (secondary N) is 1. The highest BCUT2D eigenvalue weighted by Gasteiger charge is 2.20. The van der Waals surface area contributed by atoms with Crippen molar-refractivity contribution in [2.24, 2.45) is 0 Å². The lowest BCUT2D eigenvalue weighted by molar-refractivity contribution is 0.102. The van der Waals surface area contributed by atoms with E-state index in [0.29, 0.717) is 22.1 Å². The first-order valence-corrected chi connectivity index (χ1v) is 8.87. The summed E-state index contributed by atoms with van der Waals surface area (Å²) in [5.41, 5.74) is 4.11. The van der Waals surface area contributed by atoms with Gasteiger partial charge in [-0.1, -0.05) is 23.7 Å². The van der Waals surface area contributed by atoms with Crippen LogP contribution in [0, 0.1) is 19.7 Å². The molecule has 4 rings (SSSR count). The van der Waals surface area contributed by atoms with Crippen molar-refractivity contribution in [3.8, 4) is 11.1 Å². The molecule has 0 aliphatic carbocycles.